The number of nitrogens with zero attached hydrogens (tertiary/aromatic N) is 3. The van der Waals surface area contributed by atoms with Crippen LogP contribution in [0.4, 0.5) is 0 Å². The topological polar surface area (TPSA) is 120 Å². The highest BCUT2D eigenvalue weighted by molar-refractivity contribution is 6.38. The summed E-state index contributed by atoms with van der Waals surface area (Å²) in [6.07, 6.45) is 3.33. The van der Waals surface area contributed by atoms with Crippen molar-refractivity contribution in [2.45, 2.75) is 19.4 Å². The molecule has 3 aromatic rings. The molecule has 28 heavy (non-hydrogen) atoms. The summed E-state index contributed by atoms with van der Waals surface area (Å²) in [5, 5.41) is 6.93. The zero-order valence-electron chi connectivity index (χ0n) is 15.2. The van der Waals surface area contributed by atoms with Crippen molar-refractivity contribution in [1.29, 1.82) is 0 Å². The quantitative estimate of drug-likeness (QED) is 0.595. The average molecular weight is 377 g/mol. The Labute approximate surface area is 161 Å². The molecule has 0 radical (unpaired) electrons. The smallest absolute Gasteiger partial charge is 0.287 e. The van der Waals surface area contributed by atoms with Crippen LogP contribution in [0.5, 0.6) is 0 Å². The van der Waals surface area contributed by atoms with Crippen LogP contribution < -0.4 is 11.1 Å². The number of primary amides is 1. The van der Waals surface area contributed by atoms with E-state index in [2.05, 4.69) is 15.4 Å². The number of hydrogen-bond donors (Lipinski definition) is 2. The third-order valence-corrected chi connectivity index (χ3v) is 4.10. The predicted molar refractivity (Wildman–Crippen MR) is 102 cm³/mol. The summed E-state index contributed by atoms with van der Waals surface area (Å²) in [5.41, 5.74) is 7.40. The van der Waals surface area contributed by atoms with E-state index in [-0.39, 0.29) is 12.1 Å². The van der Waals surface area contributed by atoms with Crippen molar-refractivity contribution >= 4 is 17.6 Å². The fourth-order valence-electron chi connectivity index (χ4n) is 2.80. The first kappa shape index (κ1) is 19.0. The summed E-state index contributed by atoms with van der Waals surface area (Å²) in [4.78, 5) is 40.6. The Bertz CT molecular complexity index is 999. The Morgan fingerprint density at radius 2 is 1.89 bits per heavy atom. The van der Waals surface area contributed by atoms with Crippen LogP contribution in [0, 0.1) is 6.92 Å². The monoisotopic (exact) mass is 377 g/mol. The molecule has 0 aliphatic rings. The predicted octanol–water partition coefficient (Wildman–Crippen LogP) is 0.971. The van der Waals surface area contributed by atoms with E-state index in [1.807, 2.05) is 18.2 Å². The lowest BCUT2D eigenvalue weighted by Gasteiger charge is -2.17. The van der Waals surface area contributed by atoms with Crippen LogP contribution in [0.1, 0.15) is 21.7 Å². The number of benzene rings is 1. The van der Waals surface area contributed by atoms with E-state index in [9.17, 15) is 14.4 Å². The average Bonchev–Trinajstić information content (AvgIpc) is 3.10. The van der Waals surface area contributed by atoms with E-state index in [4.69, 9.17) is 5.73 Å². The van der Waals surface area contributed by atoms with Crippen molar-refractivity contribution in [1.82, 2.24) is 20.1 Å². The maximum absolute atomic E-state index is 12.9. The molecule has 0 saturated heterocycles. The molecule has 1 atom stereocenters. The number of pyridine rings is 1. The van der Waals surface area contributed by atoms with Crippen molar-refractivity contribution in [3.8, 4) is 5.69 Å². The van der Waals surface area contributed by atoms with E-state index >= 15 is 0 Å². The molecular formula is C20H19N5O3. The maximum atomic E-state index is 12.9. The molecule has 0 saturated carbocycles. The second-order valence-corrected chi connectivity index (χ2v) is 6.24. The molecule has 8 heteroatoms. The largest absolute Gasteiger partial charge is 0.363 e. The van der Waals surface area contributed by atoms with Crippen molar-refractivity contribution in [3.63, 3.8) is 0 Å². The second kappa shape index (κ2) is 8.26. The highest BCUT2D eigenvalue weighted by Gasteiger charge is 2.27. The van der Waals surface area contributed by atoms with Crippen LogP contribution >= 0.6 is 0 Å². The SMILES string of the molecule is Cc1cc(C(=O)NC(Cc2ccccc2)C(=O)C(N)=O)n(-c2cccnc2)n1. The van der Waals surface area contributed by atoms with Gasteiger partial charge in [-0.15, -0.1) is 0 Å². The van der Waals surface area contributed by atoms with Gasteiger partial charge in [0.2, 0.25) is 5.78 Å². The van der Waals surface area contributed by atoms with Gasteiger partial charge in [0.1, 0.15) is 11.7 Å². The van der Waals surface area contributed by atoms with Crippen molar-refractivity contribution < 1.29 is 14.4 Å². The maximum Gasteiger partial charge on any atom is 0.287 e. The van der Waals surface area contributed by atoms with Gasteiger partial charge in [-0.2, -0.15) is 5.10 Å². The number of aromatic nitrogens is 3. The minimum Gasteiger partial charge on any atom is -0.363 e. The highest BCUT2D eigenvalue weighted by atomic mass is 16.2. The number of rotatable bonds is 7. The van der Waals surface area contributed by atoms with Gasteiger partial charge < -0.3 is 11.1 Å². The molecule has 0 aliphatic carbocycles. The number of hydrogen-bond acceptors (Lipinski definition) is 5. The lowest BCUT2D eigenvalue weighted by Crippen LogP contribution is -2.47. The normalized spacial score (nSPS) is 11.6. The summed E-state index contributed by atoms with van der Waals surface area (Å²) in [6, 6.07) is 13.1. The standard InChI is InChI=1S/C20H19N5O3/c1-13-10-17(25(24-13)15-8-5-9-22-12-15)20(28)23-16(18(26)19(21)27)11-14-6-3-2-4-7-14/h2-10,12,16H,11H2,1H3,(H2,21,27)(H,23,28). The lowest BCUT2D eigenvalue weighted by atomic mass is 10.0. The number of nitrogens with one attached hydrogen (secondary N) is 1. The van der Waals surface area contributed by atoms with E-state index < -0.39 is 23.6 Å². The van der Waals surface area contributed by atoms with Crippen molar-refractivity contribution in [2.75, 3.05) is 0 Å². The molecule has 0 aliphatic heterocycles. The van der Waals surface area contributed by atoms with E-state index in [1.165, 1.54) is 4.68 Å². The number of aryl methyl sites for hydroxylation is 1. The first-order valence-electron chi connectivity index (χ1n) is 8.61. The van der Waals surface area contributed by atoms with Crippen LogP contribution in [-0.2, 0) is 16.0 Å². The molecule has 1 unspecified atom stereocenters. The van der Waals surface area contributed by atoms with Crippen LogP contribution in [0.3, 0.4) is 0 Å². The fourth-order valence-corrected chi connectivity index (χ4v) is 2.80. The van der Waals surface area contributed by atoms with Crippen LogP contribution in [-0.4, -0.2) is 38.4 Å². The Balaban J connectivity index is 1.88. The number of carbonyl (C=O) groups excluding carboxylic acids is 3. The first-order chi connectivity index (χ1) is 13.5. The summed E-state index contributed by atoms with van der Waals surface area (Å²) < 4.78 is 1.44. The molecule has 8 nitrogen and oxygen atoms in total. The van der Waals surface area contributed by atoms with E-state index in [0.717, 1.165) is 5.56 Å². The Hall–Kier alpha value is -3.81. The van der Waals surface area contributed by atoms with Gasteiger partial charge in [-0.25, -0.2) is 4.68 Å². The third kappa shape index (κ3) is 4.29. The number of Topliss-reactive ketones (excluding diaryl/α,β-unsaturated/α-hetero) is 1. The zero-order chi connectivity index (χ0) is 20.1. The third-order valence-electron chi connectivity index (χ3n) is 4.10. The fraction of sp³-hybridized carbons (Fsp3) is 0.150. The van der Waals surface area contributed by atoms with Gasteiger partial charge in [0.15, 0.2) is 0 Å². The molecule has 2 heterocycles. The van der Waals surface area contributed by atoms with E-state index in [1.54, 1.807) is 49.6 Å². The van der Waals surface area contributed by atoms with Gasteiger partial charge in [-0.05, 0) is 30.7 Å². The van der Waals surface area contributed by atoms with Crippen LogP contribution in [0.25, 0.3) is 5.69 Å². The second-order valence-electron chi connectivity index (χ2n) is 6.24. The Morgan fingerprint density at radius 1 is 1.14 bits per heavy atom. The summed E-state index contributed by atoms with van der Waals surface area (Å²) in [6.45, 7) is 1.75. The molecule has 3 N–H and O–H groups in total. The first-order valence-corrected chi connectivity index (χ1v) is 8.61. The minimum atomic E-state index is -1.10. The molecule has 2 aromatic heterocycles. The molecule has 0 spiro atoms. The van der Waals surface area contributed by atoms with Gasteiger partial charge in [0.25, 0.3) is 11.8 Å². The molecule has 0 bridgehead atoms. The van der Waals surface area contributed by atoms with Gasteiger partial charge in [-0.1, -0.05) is 30.3 Å². The number of ketones is 1. The lowest BCUT2D eigenvalue weighted by molar-refractivity contribution is -0.137. The van der Waals surface area contributed by atoms with E-state index in [0.29, 0.717) is 11.4 Å². The molecule has 1 aromatic carbocycles. The number of nitrogens with two attached hydrogens (primary N) is 1. The highest BCUT2D eigenvalue weighted by Crippen LogP contribution is 2.12. The molecule has 3 rings (SSSR count). The number of carbonyl (C=O) groups is 3. The molecule has 0 fully saturated rings. The Kier molecular flexibility index (Phi) is 5.59. The Morgan fingerprint density at radius 3 is 2.54 bits per heavy atom. The molecule has 142 valence electrons. The zero-order valence-corrected chi connectivity index (χ0v) is 15.2. The molecule has 2 amide bonds. The van der Waals surface area contributed by atoms with Gasteiger partial charge in [0, 0.05) is 12.6 Å². The van der Waals surface area contributed by atoms with Crippen LogP contribution in [0.15, 0.2) is 60.9 Å². The summed E-state index contributed by atoms with van der Waals surface area (Å²) >= 11 is 0. The molecular weight excluding hydrogens is 358 g/mol. The van der Waals surface area contributed by atoms with Crippen molar-refractivity contribution in [2.24, 2.45) is 5.73 Å². The summed E-state index contributed by atoms with van der Waals surface area (Å²) in [7, 11) is 0. The van der Waals surface area contributed by atoms with Gasteiger partial charge in [-0.3, -0.25) is 19.4 Å². The van der Waals surface area contributed by atoms with Gasteiger partial charge in [0.05, 0.1) is 17.6 Å². The van der Waals surface area contributed by atoms with Crippen LogP contribution in [0.2, 0.25) is 0 Å². The number of amides is 2. The van der Waals surface area contributed by atoms with Crippen molar-refractivity contribution in [3.05, 3.63) is 77.9 Å². The minimum absolute atomic E-state index is 0.147. The summed E-state index contributed by atoms with van der Waals surface area (Å²) in [5.74, 6) is -2.50. The van der Waals surface area contributed by atoms with Gasteiger partial charge >= 0.3 is 0 Å².